The van der Waals surface area contributed by atoms with E-state index >= 15 is 0 Å². The minimum Gasteiger partial charge on any atom is -0.0616 e. The van der Waals surface area contributed by atoms with Gasteiger partial charge in [0.2, 0.25) is 0 Å². The molecule has 0 nitrogen and oxygen atoms in total. The molecule has 0 aliphatic rings. The fourth-order valence-corrected chi connectivity index (χ4v) is 9.65. The van der Waals surface area contributed by atoms with Gasteiger partial charge in [-0.15, -0.1) is 0 Å². The summed E-state index contributed by atoms with van der Waals surface area (Å²) in [6, 6.07) is 83.2. The molecule has 0 saturated carbocycles. The summed E-state index contributed by atoms with van der Waals surface area (Å²) < 4.78 is 0. The van der Waals surface area contributed by atoms with E-state index in [-0.39, 0.29) is 0 Å². The minimum atomic E-state index is 0.446. The lowest BCUT2D eigenvalue weighted by atomic mass is 9.83. The molecule has 0 aliphatic heterocycles. The molecule has 0 bridgehead atoms. The van der Waals surface area contributed by atoms with Crippen molar-refractivity contribution >= 4 is 43.1 Å². The lowest BCUT2D eigenvalue weighted by molar-refractivity contribution is 0.867. The quantitative estimate of drug-likeness (QED) is 0.141. The average Bonchev–Trinajstić information content (AvgIpc) is 3.33. The normalized spacial score (nSPS) is 11.6. The third kappa shape index (κ3) is 6.49. The second-order valence-electron chi connectivity index (χ2n) is 16.6. The van der Waals surface area contributed by atoms with Gasteiger partial charge in [-0.1, -0.05) is 220 Å². The first-order valence-electron chi connectivity index (χ1n) is 21.4. The van der Waals surface area contributed by atoms with Crippen molar-refractivity contribution in [3.05, 3.63) is 230 Å². The van der Waals surface area contributed by atoms with E-state index in [0.717, 1.165) is 0 Å². The molecule has 0 aliphatic carbocycles. The molecule has 11 aromatic carbocycles. The second kappa shape index (κ2) is 15.2. The summed E-state index contributed by atoms with van der Waals surface area (Å²) in [6.07, 6.45) is 0. The van der Waals surface area contributed by atoms with E-state index in [0.29, 0.717) is 5.92 Å². The van der Waals surface area contributed by atoms with E-state index in [1.807, 2.05) is 0 Å². The number of hydrogen-bond acceptors (Lipinski definition) is 0. The molecule has 61 heavy (non-hydrogen) atoms. The highest BCUT2D eigenvalue weighted by Gasteiger charge is 2.20. The van der Waals surface area contributed by atoms with Crippen molar-refractivity contribution in [2.24, 2.45) is 0 Å². The van der Waals surface area contributed by atoms with Crippen LogP contribution in [-0.2, 0) is 0 Å². The maximum absolute atomic E-state index is 2.45. The summed E-state index contributed by atoms with van der Waals surface area (Å²) in [6.45, 7) is 4.55. The third-order valence-electron chi connectivity index (χ3n) is 12.6. The van der Waals surface area contributed by atoms with Gasteiger partial charge in [0.25, 0.3) is 0 Å². The average molecular weight is 777 g/mol. The molecule has 11 aromatic rings. The summed E-state index contributed by atoms with van der Waals surface area (Å²) in [5.74, 6) is 0.446. The van der Waals surface area contributed by atoms with Gasteiger partial charge in [-0.2, -0.15) is 0 Å². The van der Waals surface area contributed by atoms with Crippen molar-refractivity contribution in [3.8, 4) is 66.8 Å². The Morgan fingerprint density at radius 3 is 1.23 bits per heavy atom. The van der Waals surface area contributed by atoms with Crippen LogP contribution in [0.25, 0.3) is 110 Å². The molecule has 0 N–H and O–H groups in total. The Morgan fingerprint density at radius 1 is 0.246 bits per heavy atom. The Morgan fingerprint density at radius 2 is 0.656 bits per heavy atom. The van der Waals surface area contributed by atoms with Crippen molar-refractivity contribution in [1.82, 2.24) is 0 Å². The van der Waals surface area contributed by atoms with Gasteiger partial charge in [0.1, 0.15) is 0 Å². The minimum absolute atomic E-state index is 0.446. The predicted octanol–water partition coefficient (Wildman–Crippen LogP) is 17.4. The Bertz CT molecular complexity index is 3390. The number of rotatable bonds is 7. The van der Waals surface area contributed by atoms with Crippen molar-refractivity contribution in [2.45, 2.75) is 19.8 Å². The van der Waals surface area contributed by atoms with Gasteiger partial charge in [0, 0.05) is 0 Å². The van der Waals surface area contributed by atoms with E-state index in [1.54, 1.807) is 0 Å². The molecule has 0 amide bonds. The van der Waals surface area contributed by atoms with Crippen LogP contribution in [0, 0.1) is 0 Å². The van der Waals surface area contributed by atoms with Crippen LogP contribution in [0.1, 0.15) is 25.3 Å². The van der Waals surface area contributed by atoms with E-state index in [4.69, 9.17) is 0 Å². The first-order chi connectivity index (χ1) is 30.1. The van der Waals surface area contributed by atoms with Gasteiger partial charge in [-0.3, -0.25) is 0 Å². The smallest absolute Gasteiger partial charge is 0.00261 e. The molecule has 288 valence electrons. The van der Waals surface area contributed by atoms with Crippen LogP contribution in [0.5, 0.6) is 0 Å². The summed E-state index contributed by atoms with van der Waals surface area (Å²) in [5, 5.41) is 10.1. The zero-order chi connectivity index (χ0) is 40.9. The summed E-state index contributed by atoms with van der Waals surface area (Å²) in [5.41, 5.74) is 16.1. The Hall–Kier alpha value is -7.54. The van der Waals surface area contributed by atoms with Crippen LogP contribution in [0.3, 0.4) is 0 Å². The van der Waals surface area contributed by atoms with Gasteiger partial charge in [-0.25, -0.2) is 0 Å². The fourth-order valence-electron chi connectivity index (χ4n) is 9.65. The molecular formula is C61H44. The zero-order valence-electron chi connectivity index (χ0n) is 34.4. The standard InChI is InChI=1S/C61H44/c1-40(2)43-20-11-25-48(36-43)60-55-28-7-9-30-57(55)61(58-31-10-8-29-56(58)60)49-34-35-54(53-33-15-19-42-17-4-6-27-51(42)53)59(39-49)47-24-13-22-45(38-47)44-21-12-23-46(37-44)52-32-14-18-41-16-3-5-26-50(41)52/h3-40H,1-2H3. The predicted molar refractivity (Wildman–Crippen MR) is 263 cm³/mol. The van der Waals surface area contributed by atoms with E-state index in [2.05, 4.69) is 238 Å². The third-order valence-corrected chi connectivity index (χ3v) is 12.6. The highest BCUT2D eigenvalue weighted by molar-refractivity contribution is 6.21. The largest absolute Gasteiger partial charge is 0.0616 e. The highest BCUT2D eigenvalue weighted by atomic mass is 14.2. The maximum Gasteiger partial charge on any atom is -0.00261 e. The molecule has 0 aromatic heterocycles. The number of fused-ring (bicyclic) bond motifs is 4. The number of hydrogen-bond donors (Lipinski definition) is 0. The molecule has 0 spiro atoms. The molecule has 0 unspecified atom stereocenters. The van der Waals surface area contributed by atoms with Crippen LogP contribution in [0.2, 0.25) is 0 Å². The SMILES string of the molecule is CC(C)c1cccc(-c2c3ccccc3c(-c3ccc(-c4cccc5ccccc45)c(-c4cccc(-c5cccc(-c6cccc7ccccc67)c5)c4)c3)c3ccccc23)c1. The molecular weight excluding hydrogens is 733 g/mol. The first-order valence-corrected chi connectivity index (χ1v) is 21.4. The summed E-state index contributed by atoms with van der Waals surface area (Å²) >= 11 is 0. The van der Waals surface area contributed by atoms with Crippen LogP contribution in [-0.4, -0.2) is 0 Å². The van der Waals surface area contributed by atoms with Gasteiger partial charge < -0.3 is 0 Å². The molecule has 11 rings (SSSR count). The maximum atomic E-state index is 2.45. The van der Waals surface area contributed by atoms with Crippen LogP contribution < -0.4 is 0 Å². The molecule has 0 radical (unpaired) electrons. The van der Waals surface area contributed by atoms with Crippen LogP contribution in [0.4, 0.5) is 0 Å². The molecule has 0 atom stereocenters. The van der Waals surface area contributed by atoms with Crippen molar-refractivity contribution < 1.29 is 0 Å². The van der Waals surface area contributed by atoms with Gasteiger partial charge in [0.15, 0.2) is 0 Å². The molecule has 0 fully saturated rings. The van der Waals surface area contributed by atoms with E-state index in [1.165, 1.54) is 115 Å². The van der Waals surface area contributed by atoms with Crippen molar-refractivity contribution in [3.63, 3.8) is 0 Å². The molecule has 0 heteroatoms. The van der Waals surface area contributed by atoms with Gasteiger partial charge >= 0.3 is 0 Å². The Labute approximate surface area is 358 Å². The van der Waals surface area contributed by atoms with Crippen molar-refractivity contribution in [2.75, 3.05) is 0 Å². The summed E-state index contributed by atoms with van der Waals surface area (Å²) in [4.78, 5) is 0. The lowest BCUT2D eigenvalue weighted by Gasteiger charge is -2.20. The second-order valence-corrected chi connectivity index (χ2v) is 16.6. The van der Waals surface area contributed by atoms with Crippen LogP contribution >= 0.6 is 0 Å². The fraction of sp³-hybridized carbons (Fsp3) is 0.0492. The lowest BCUT2D eigenvalue weighted by Crippen LogP contribution is -1.94. The van der Waals surface area contributed by atoms with E-state index in [9.17, 15) is 0 Å². The topological polar surface area (TPSA) is 0 Å². The monoisotopic (exact) mass is 776 g/mol. The zero-order valence-corrected chi connectivity index (χ0v) is 34.4. The van der Waals surface area contributed by atoms with Gasteiger partial charge in [0.05, 0.1) is 0 Å². The number of benzene rings is 11. The highest BCUT2D eigenvalue weighted by Crippen LogP contribution is 2.47. The Kier molecular flexibility index (Phi) is 9.13. The van der Waals surface area contributed by atoms with Crippen molar-refractivity contribution in [1.29, 1.82) is 0 Å². The molecule has 0 heterocycles. The first kappa shape index (κ1) is 36.5. The van der Waals surface area contributed by atoms with Crippen LogP contribution in [0.15, 0.2) is 224 Å². The summed E-state index contributed by atoms with van der Waals surface area (Å²) in [7, 11) is 0. The molecule has 0 saturated heterocycles. The Balaban J connectivity index is 1.13. The van der Waals surface area contributed by atoms with E-state index < -0.39 is 0 Å². The van der Waals surface area contributed by atoms with Gasteiger partial charge in [-0.05, 0) is 140 Å².